The van der Waals surface area contributed by atoms with Crippen molar-refractivity contribution < 1.29 is 4.79 Å². The van der Waals surface area contributed by atoms with Crippen molar-refractivity contribution in [3.63, 3.8) is 0 Å². The summed E-state index contributed by atoms with van der Waals surface area (Å²) < 4.78 is 1.79. The Labute approximate surface area is 104 Å². The van der Waals surface area contributed by atoms with Crippen LogP contribution in [0.15, 0.2) is 5.16 Å². The largest absolute Gasteiger partial charge is 0.368 e. The third-order valence-corrected chi connectivity index (χ3v) is 3.58. The highest BCUT2D eigenvalue weighted by Crippen LogP contribution is 2.27. The highest BCUT2D eigenvalue weighted by Gasteiger charge is 2.22. The summed E-state index contributed by atoms with van der Waals surface area (Å²) in [4.78, 5) is 11.5. The summed E-state index contributed by atoms with van der Waals surface area (Å²) in [5, 5.41) is 8.13. The molecule has 5 N–H and O–H groups in total. The zero-order valence-corrected chi connectivity index (χ0v) is 11.0. The summed E-state index contributed by atoms with van der Waals surface area (Å²) in [6, 6.07) is 0.144. The van der Waals surface area contributed by atoms with Crippen LogP contribution in [0.5, 0.6) is 0 Å². The van der Waals surface area contributed by atoms with Crippen LogP contribution in [0.2, 0.25) is 0 Å². The van der Waals surface area contributed by atoms with Crippen LogP contribution in [0.3, 0.4) is 0 Å². The lowest BCUT2D eigenvalue weighted by atomic mass is 10.3. The number of carbonyl (C=O) groups excluding carboxylic acids is 1. The molecule has 1 aromatic rings. The highest BCUT2D eigenvalue weighted by molar-refractivity contribution is 8.00. The van der Waals surface area contributed by atoms with E-state index in [1.54, 1.807) is 4.57 Å². The van der Waals surface area contributed by atoms with Gasteiger partial charge in [-0.25, -0.2) is 5.84 Å². The van der Waals surface area contributed by atoms with E-state index in [0.29, 0.717) is 17.5 Å². The molecular weight excluding hydrogens is 240 g/mol. The lowest BCUT2D eigenvalue weighted by Crippen LogP contribution is -2.37. The number of nitrogens with zero attached hydrogens (tertiary/aromatic N) is 3. The molecule has 0 aliphatic heterocycles. The standard InChI is InChI=1S/C9H18N6OS/c1-4-6(7(16)12-11)17-9-14-13-8(10)15(9)5(2)3/h5-6H,4,11H2,1-3H3,(H2,10,13)(H,12,16). The van der Waals surface area contributed by atoms with E-state index < -0.39 is 0 Å². The Balaban J connectivity index is 2.90. The Hall–Kier alpha value is -1.28. The summed E-state index contributed by atoms with van der Waals surface area (Å²) in [7, 11) is 0. The molecule has 96 valence electrons. The van der Waals surface area contributed by atoms with Gasteiger partial charge in [-0.15, -0.1) is 10.2 Å². The van der Waals surface area contributed by atoms with Crippen LogP contribution in [-0.4, -0.2) is 25.9 Å². The average Bonchev–Trinajstić information content (AvgIpc) is 2.66. The number of hydrogen-bond donors (Lipinski definition) is 3. The minimum Gasteiger partial charge on any atom is -0.368 e. The Morgan fingerprint density at radius 1 is 1.53 bits per heavy atom. The number of rotatable bonds is 5. The second kappa shape index (κ2) is 5.87. The second-order valence-corrected chi connectivity index (χ2v) is 5.00. The van der Waals surface area contributed by atoms with Crippen molar-refractivity contribution in [1.29, 1.82) is 0 Å². The number of nitrogens with two attached hydrogens (primary N) is 2. The molecule has 1 heterocycles. The summed E-state index contributed by atoms with van der Waals surface area (Å²) in [5.41, 5.74) is 7.86. The second-order valence-electron chi connectivity index (χ2n) is 3.83. The van der Waals surface area contributed by atoms with Crippen LogP contribution in [0.1, 0.15) is 33.2 Å². The predicted molar refractivity (Wildman–Crippen MR) is 67.1 cm³/mol. The molecule has 0 fully saturated rings. The van der Waals surface area contributed by atoms with E-state index in [-0.39, 0.29) is 17.2 Å². The number of carbonyl (C=O) groups is 1. The smallest absolute Gasteiger partial charge is 0.247 e. The third-order valence-electron chi connectivity index (χ3n) is 2.26. The first-order chi connectivity index (χ1) is 8.01. The normalized spacial score (nSPS) is 12.8. The number of anilines is 1. The van der Waals surface area contributed by atoms with Gasteiger partial charge in [-0.05, 0) is 20.3 Å². The van der Waals surface area contributed by atoms with Crippen LogP contribution < -0.4 is 17.0 Å². The van der Waals surface area contributed by atoms with E-state index in [9.17, 15) is 4.79 Å². The lowest BCUT2D eigenvalue weighted by molar-refractivity contribution is -0.120. The summed E-state index contributed by atoms with van der Waals surface area (Å²) >= 11 is 1.31. The van der Waals surface area contributed by atoms with Gasteiger partial charge in [-0.3, -0.25) is 14.8 Å². The predicted octanol–water partition coefficient (Wildman–Crippen LogP) is 0.302. The van der Waals surface area contributed by atoms with Gasteiger partial charge in [0.2, 0.25) is 11.9 Å². The van der Waals surface area contributed by atoms with Crippen molar-refractivity contribution >= 4 is 23.6 Å². The first-order valence-corrected chi connectivity index (χ1v) is 6.26. The fraction of sp³-hybridized carbons (Fsp3) is 0.667. The fourth-order valence-electron chi connectivity index (χ4n) is 1.40. The van der Waals surface area contributed by atoms with Gasteiger partial charge in [-0.2, -0.15) is 0 Å². The number of nitrogens with one attached hydrogen (secondary N) is 1. The summed E-state index contributed by atoms with van der Waals surface area (Å²) in [6.07, 6.45) is 0.651. The molecule has 1 rings (SSSR count). The first kappa shape index (κ1) is 13.8. The number of hydrazine groups is 1. The molecule has 0 radical (unpaired) electrons. The molecule has 0 aromatic carbocycles. The maximum Gasteiger partial charge on any atom is 0.247 e. The molecule has 0 aliphatic carbocycles. The molecule has 0 saturated carbocycles. The van der Waals surface area contributed by atoms with E-state index >= 15 is 0 Å². The van der Waals surface area contributed by atoms with Gasteiger partial charge in [0.1, 0.15) is 0 Å². The molecule has 1 amide bonds. The van der Waals surface area contributed by atoms with E-state index in [1.165, 1.54) is 11.8 Å². The maximum absolute atomic E-state index is 11.5. The highest BCUT2D eigenvalue weighted by atomic mass is 32.2. The van der Waals surface area contributed by atoms with Crippen molar-refractivity contribution in [3.05, 3.63) is 0 Å². The zero-order valence-electron chi connectivity index (χ0n) is 10.2. The van der Waals surface area contributed by atoms with E-state index in [2.05, 4.69) is 15.6 Å². The van der Waals surface area contributed by atoms with Crippen molar-refractivity contribution in [2.45, 2.75) is 43.6 Å². The molecule has 0 saturated heterocycles. The number of hydrogen-bond acceptors (Lipinski definition) is 6. The van der Waals surface area contributed by atoms with Gasteiger partial charge in [0.25, 0.3) is 0 Å². The van der Waals surface area contributed by atoms with E-state index in [0.717, 1.165) is 0 Å². The van der Waals surface area contributed by atoms with Crippen LogP contribution in [0, 0.1) is 0 Å². The van der Waals surface area contributed by atoms with Crippen molar-refractivity contribution in [2.75, 3.05) is 5.73 Å². The average molecular weight is 258 g/mol. The molecule has 1 unspecified atom stereocenters. The van der Waals surface area contributed by atoms with Crippen LogP contribution in [0.25, 0.3) is 0 Å². The quantitative estimate of drug-likeness (QED) is 0.303. The van der Waals surface area contributed by atoms with Gasteiger partial charge < -0.3 is 5.73 Å². The molecule has 7 nitrogen and oxygen atoms in total. The number of aromatic nitrogens is 3. The van der Waals surface area contributed by atoms with Crippen LogP contribution in [0.4, 0.5) is 5.95 Å². The fourth-order valence-corrected chi connectivity index (χ4v) is 2.50. The molecule has 0 aliphatic rings. The summed E-state index contributed by atoms with van der Waals surface area (Å²) in [6.45, 7) is 5.87. The topological polar surface area (TPSA) is 112 Å². The van der Waals surface area contributed by atoms with Gasteiger partial charge >= 0.3 is 0 Å². The number of amides is 1. The van der Waals surface area contributed by atoms with Gasteiger partial charge in [-0.1, -0.05) is 18.7 Å². The minimum absolute atomic E-state index is 0.144. The Morgan fingerprint density at radius 2 is 2.18 bits per heavy atom. The Bertz CT molecular complexity index is 391. The summed E-state index contributed by atoms with van der Waals surface area (Å²) in [5.74, 6) is 5.25. The maximum atomic E-state index is 11.5. The molecule has 17 heavy (non-hydrogen) atoms. The zero-order chi connectivity index (χ0) is 13.0. The molecule has 8 heteroatoms. The third kappa shape index (κ3) is 3.10. The molecule has 1 atom stereocenters. The first-order valence-electron chi connectivity index (χ1n) is 5.38. The van der Waals surface area contributed by atoms with Crippen molar-refractivity contribution in [1.82, 2.24) is 20.2 Å². The monoisotopic (exact) mass is 258 g/mol. The van der Waals surface area contributed by atoms with Crippen LogP contribution in [-0.2, 0) is 4.79 Å². The van der Waals surface area contributed by atoms with Gasteiger partial charge in [0, 0.05) is 6.04 Å². The molecule has 0 spiro atoms. The van der Waals surface area contributed by atoms with Gasteiger partial charge in [0.05, 0.1) is 5.25 Å². The van der Waals surface area contributed by atoms with E-state index in [4.69, 9.17) is 11.6 Å². The lowest BCUT2D eigenvalue weighted by Gasteiger charge is -2.15. The van der Waals surface area contributed by atoms with Crippen molar-refractivity contribution in [3.8, 4) is 0 Å². The Morgan fingerprint density at radius 3 is 2.65 bits per heavy atom. The SMILES string of the molecule is CCC(Sc1nnc(N)n1C(C)C)C(=O)NN. The minimum atomic E-state index is -0.291. The number of thioether (sulfide) groups is 1. The Kier molecular flexibility index (Phi) is 4.76. The molecular formula is C9H18N6OS. The van der Waals surface area contributed by atoms with Gasteiger partial charge in [0.15, 0.2) is 5.16 Å². The number of nitrogen functional groups attached to an aromatic ring is 1. The van der Waals surface area contributed by atoms with Crippen LogP contribution >= 0.6 is 11.8 Å². The molecule has 1 aromatic heterocycles. The molecule has 0 bridgehead atoms. The van der Waals surface area contributed by atoms with E-state index in [1.807, 2.05) is 20.8 Å². The van der Waals surface area contributed by atoms with Crippen molar-refractivity contribution in [2.24, 2.45) is 5.84 Å².